The molecule has 1 N–H and O–H groups in total. The molecule has 1 aliphatic rings. The van der Waals surface area contributed by atoms with E-state index < -0.39 is 9.84 Å². The van der Waals surface area contributed by atoms with Crippen LogP contribution >= 0.6 is 11.3 Å². The summed E-state index contributed by atoms with van der Waals surface area (Å²) < 4.78 is 25.5. The van der Waals surface area contributed by atoms with Gasteiger partial charge in [0.25, 0.3) is 5.91 Å². The van der Waals surface area contributed by atoms with E-state index in [0.717, 1.165) is 11.3 Å². The van der Waals surface area contributed by atoms with Crippen molar-refractivity contribution in [3.8, 4) is 0 Å². The minimum atomic E-state index is -2.98. The zero-order chi connectivity index (χ0) is 17.6. The summed E-state index contributed by atoms with van der Waals surface area (Å²) in [5, 5.41) is 5.08. The third kappa shape index (κ3) is 3.05. The fraction of sp³-hybridized carbons (Fsp3) is 0.312. The summed E-state index contributed by atoms with van der Waals surface area (Å²) in [4.78, 5) is 20.9. The van der Waals surface area contributed by atoms with Crippen molar-refractivity contribution in [1.82, 2.24) is 14.5 Å². The highest BCUT2D eigenvalue weighted by Gasteiger charge is 2.31. The van der Waals surface area contributed by atoms with Crippen LogP contribution in [0.4, 0.5) is 5.13 Å². The molecule has 25 heavy (non-hydrogen) atoms. The molecule has 1 aliphatic heterocycles. The number of hydrogen-bond acceptors (Lipinski definition) is 6. The Morgan fingerprint density at radius 2 is 2.24 bits per heavy atom. The van der Waals surface area contributed by atoms with Crippen LogP contribution in [0.25, 0.3) is 11.0 Å². The summed E-state index contributed by atoms with van der Waals surface area (Å²) >= 11 is 1.35. The largest absolute Gasteiger partial charge is 0.324 e. The van der Waals surface area contributed by atoms with Gasteiger partial charge in [0.1, 0.15) is 5.82 Å². The standard InChI is InChI=1S/C16H16N4O3S2/c1-10-18-13-8-11(15(21)19-16-17-5-6-24-16)2-3-14(13)20(10)12-4-7-25(22,23)9-12/h2-3,5-6,8,12H,4,7,9H2,1H3,(H,17,19,21)/t12-/m1/s1. The number of amides is 1. The smallest absolute Gasteiger partial charge is 0.257 e. The molecular formula is C16H16N4O3S2. The first-order valence-corrected chi connectivity index (χ1v) is 10.5. The highest BCUT2D eigenvalue weighted by atomic mass is 32.2. The molecule has 1 amide bonds. The molecule has 2 aromatic heterocycles. The second-order valence-electron chi connectivity index (χ2n) is 6.08. The summed E-state index contributed by atoms with van der Waals surface area (Å²) in [6.07, 6.45) is 2.23. The number of aromatic nitrogens is 3. The predicted molar refractivity (Wildman–Crippen MR) is 96.8 cm³/mol. The van der Waals surface area contributed by atoms with E-state index in [2.05, 4.69) is 15.3 Å². The van der Waals surface area contributed by atoms with Gasteiger partial charge in [0.05, 0.1) is 28.6 Å². The van der Waals surface area contributed by atoms with Crippen LogP contribution < -0.4 is 5.32 Å². The minimum absolute atomic E-state index is 0.0926. The second-order valence-corrected chi connectivity index (χ2v) is 9.20. The predicted octanol–water partition coefficient (Wildman–Crippen LogP) is 2.41. The van der Waals surface area contributed by atoms with Gasteiger partial charge in [0.2, 0.25) is 0 Å². The van der Waals surface area contributed by atoms with Crippen molar-refractivity contribution in [2.45, 2.75) is 19.4 Å². The molecular weight excluding hydrogens is 360 g/mol. The van der Waals surface area contributed by atoms with Gasteiger partial charge in [-0.15, -0.1) is 11.3 Å². The third-order valence-electron chi connectivity index (χ3n) is 4.35. The molecule has 1 fully saturated rings. The van der Waals surface area contributed by atoms with E-state index in [1.54, 1.807) is 23.7 Å². The second kappa shape index (κ2) is 5.92. The number of nitrogens with one attached hydrogen (secondary N) is 1. The van der Waals surface area contributed by atoms with Crippen molar-refractivity contribution >= 4 is 43.2 Å². The molecule has 3 aromatic rings. The molecule has 1 aromatic carbocycles. The quantitative estimate of drug-likeness (QED) is 0.758. The van der Waals surface area contributed by atoms with Crippen LogP contribution in [0.5, 0.6) is 0 Å². The minimum Gasteiger partial charge on any atom is -0.324 e. The molecule has 0 saturated carbocycles. The molecule has 130 valence electrons. The van der Waals surface area contributed by atoms with Crippen LogP contribution in [0, 0.1) is 6.92 Å². The summed E-state index contributed by atoms with van der Waals surface area (Å²) in [7, 11) is -2.98. The van der Waals surface area contributed by atoms with Crippen LogP contribution in [-0.2, 0) is 9.84 Å². The van der Waals surface area contributed by atoms with Crippen molar-refractivity contribution < 1.29 is 13.2 Å². The van der Waals surface area contributed by atoms with E-state index in [-0.39, 0.29) is 23.5 Å². The molecule has 4 rings (SSSR count). The number of rotatable bonds is 3. The van der Waals surface area contributed by atoms with Crippen molar-refractivity contribution in [2.24, 2.45) is 0 Å². The lowest BCUT2D eigenvalue weighted by Crippen LogP contribution is -2.13. The van der Waals surface area contributed by atoms with Gasteiger partial charge in [-0.05, 0) is 31.5 Å². The van der Waals surface area contributed by atoms with E-state index in [1.165, 1.54) is 11.3 Å². The van der Waals surface area contributed by atoms with Gasteiger partial charge in [0, 0.05) is 17.1 Å². The van der Waals surface area contributed by atoms with Crippen LogP contribution in [0.2, 0.25) is 0 Å². The lowest BCUT2D eigenvalue weighted by atomic mass is 10.1. The summed E-state index contributed by atoms with van der Waals surface area (Å²) in [5.74, 6) is 0.874. The van der Waals surface area contributed by atoms with Crippen molar-refractivity contribution in [3.63, 3.8) is 0 Å². The SMILES string of the molecule is Cc1nc2cc(C(=O)Nc3nccs3)ccc2n1[C@@H]1CCS(=O)(=O)C1. The monoisotopic (exact) mass is 376 g/mol. The molecule has 0 aliphatic carbocycles. The molecule has 0 radical (unpaired) electrons. The first-order chi connectivity index (χ1) is 11.9. The highest BCUT2D eigenvalue weighted by Crippen LogP contribution is 2.29. The van der Waals surface area contributed by atoms with Gasteiger partial charge in [-0.25, -0.2) is 18.4 Å². The van der Waals surface area contributed by atoms with Gasteiger partial charge in [0.15, 0.2) is 15.0 Å². The number of nitrogens with zero attached hydrogens (tertiary/aromatic N) is 3. The van der Waals surface area contributed by atoms with E-state index >= 15 is 0 Å². The molecule has 0 bridgehead atoms. The third-order valence-corrected chi connectivity index (χ3v) is 6.79. The van der Waals surface area contributed by atoms with Crippen LogP contribution in [-0.4, -0.2) is 40.4 Å². The number of thiazole rings is 1. The summed E-state index contributed by atoms with van der Waals surface area (Å²) in [6, 6.07) is 5.19. The van der Waals surface area contributed by atoms with Gasteiger partial charge >= 0.3 is 0 Å². The number of imidazole rings is 1. The Labute approximate surface area is 148 Å². The van der Waals surface area contributed by atoms with Crippen molar-refractivity contribution in [3.05, 3.63) is 41.2 Å². The number of anilines is 1. The maximum Gasteiger partial charge on any atom is 0.257 e. The normalized spacial score (nSPS) is 19.3. The first kappa shape index (κ1) is 16.2. The lowest BCUT2D eigenvalue weighted by molar-refractivity contribution is 0.102. The van der Waals surface area contributed by atoms with Crippen LogP contribution in [0.3, 0.4) is 0 Å². The van der Waals surface area contributed by atoms with E-state index in [4.69, 9.17) is 0 Å². The number of benzene rings is 1. The van der Waals surface area contributed by atoms with Crippen LogP contribution in [0.15, 0.2) is 29.8 Å². The Hall–Kier alpha value is -2.26. The van der Waals surface area contributed by atoms with Gasteiger partial charge in [-0.2, -0.15) is 0 Å². The Kier molecular flexibility index (Phi) is 3.84. The number of carbonyl (C=O) groups is 1. The summed E-state index contributed by atoms with van der Waals surface area (Å²) in [5.41, 5.74) is 2.03. The molecule has 0 unspecified atom stereocenters. The number of fused-ring (bicyclic) bond motifs is 1. The van der Waals surface area contributed by atoms with E-state index in [1.807, 2.05) is 17.6 Å². The Balaban J connectivity index is 1.67. The Bertz CT molecular complexity index is 1050. The average Bonchev–Trinajstić information content (AvgIpc) is 3.25. The van der Waals surface area contributed by atoms with E-state index in [9.17, 15) is 13.2 Å². The molecule has 1 saturated heterocycles. The highest BCUT2D eigenvalue weighted by molar-refractivity contribution is 7.91. The van der Waals surface area contributed by atoms with Gasteiger partial charge in [-0.3, -0.25) is 10.1 Å². The fourth-order valence-corrected chi connectivity index (χ4v) is 5.48. The van der Waals surface area contributed by atoms with Gasteiger partial charge < -0.3 is 4.57 Å². The average molecular weight is 376 g/mol. The number of carbonyl (C=O) groups excluding carboxylic acids is 1. The first-order valence-electron chi connectivity index (χ1n) is 7.83. The zero-order valence-corrected chi connectivity index (χ0v) is 15.1. The Morgan fingerprint density at radius 1 is 1.40 bits per heavy atom. The van der Waals surface area contributed by atoms with Crippen LogP contribution in [0.1, 0.15) is 28.6 Å². The Morgan fingerprint density at radius 3 is 2.92 bits per heavy atom. The zero-order valence-electron chi connectivity index (χ0n) is 13.5. The maximum atomic E-state index is 12.3. The molecule has 7 nitrogen and oxygen atoms in total. The molecule has 0 spiro atoms. The summed E-state index contributed by atoms with van der Waals surface area (Å²) in [6.45, 7) is 1.86. The number of aryl methyl sites for hydroxylation is 1. The molecule has 1 atom stereocenters. The van der Waals surface area contributed by atoms with Crippen molar-refractivity contribution in [1.29, 1.82) is 0 Å². The lowest BCUT2D eigenvalue weighted by Gasteiger charge is -2.13. The molecule has 3 heterocycles. The van der Waals surface area contributed by atoms with E-state index in [0.29, 0.717) is 22.6 Å². The van der Waals surface area contributed by atoms with Gasteiger partial charge in [-0.1, -0.05) is 0 Å². The maximum absolute atomic E-state index is 12.3. The number of sulfone groups is 1. The number of hydrogen-bond donors (Lipinski definition) is 1. The fourth-order valence-electron chi connectivity index (χ4n) is 3.25. The topological polar surface area (TPSA) is 93.9 Å². The molecule has 9 heteroatoms. The van der Waals surface area contributed by atoms with Crippen molar-refractivity contribution in [2.75, 3.05) is 16.8 Å².